The van der Waals surface area contributed by atoms with Crippen molar-refractivity contribution < 1.29 is 28.1 Å². The minimum atomic E-state index is -0.362. The van der Waals surface area contributed by atoms with Gasteiger partial charge in [0.05, 0.1) is 36.7 Å². The first kappa shape index (κ1) is 27.5. The van der Waals surface area contributed by atoms with Crippen molar-refractivity contribution in [3.05, 3.63) is 105 Å². The third-order valence-electron chi connectivity index (χ3n) is 7.12. The molecule has 0 fully saturated rings. The summed E-state index contributed by atoms with van der Waals surface area (Å²) in [7, 11) is 3.15. The maximum Gasteiger partial charge on any atom is 0.282 e. The van der Waals surface area contributed by atoms with Crippen LogP contribution in [0.15, 0.2) is 97.6 Å². The maximum atomic E-state index is 13.8. The highest BCUT2D eigenvalue weighted by Crippen LogP contribution is 2.37. The Morgan fingerprint density at radius 3 is 2.64 bits per heavy atom. The van der Waals surface area contributed by atoms with Crippen molar-refractivity contribution in [2.24, 2.45) is 5.10 Å². The van der Waals surface area contributed by atoms with Gasteiger partial charge in [-0.25, -0.2) is 4.98 Å². The zero-order valence-electron chi connectivity index (χ0n) is 23.6. The van der Waals surface area contributed by atoms with Crippen molar-refractivity contribution in [1.29, 1.82) is 0 Å². The minimum Gasteiger partial charge on any atom is -0.496 e. The third-order valence-corrected chi connectivity index (χ3v) is 7.57. The number of hydrogen-bond donors (Lipinski definition) is 0. The Balaban J connectivity index is 1.32. The van der Waals surface area contributed by atoms with Gasteiger partial charge in [-0.1, -0.05) is 40.2 Å². The van der Waals surface area contributed by atoms with Crippen LogP contribution in [0.4, 0.5) is 0 Å². The maximum absolute atomic E-state index is 13.8. The van der Waals surface area contributed by atoms with Crippen molar-refractivity contribution in [3.63, 3.8) is 0 Å². The molecule has 1 aliphatic heterocycles. The van der Waals surface area contributed by atoms with Crippen LogP contribution in [0.25, 0.3) is 33.5 Å². The van der Waals surface area contributed by atoms with Crippen molar-refractivity contribution in [3.8, 4) is 40.3 Å². The quantitative estimate of drug-likeness (QED) is 0.166. The van der Waals surface area contributed by atoms with Gasteiger partial charge in [0.1, 0.15) is 17.9 Å². The summed E-state index contributed by atoms with van der Waals surface area (Å²) in [5.41, 5.74) is 2.18. The number of para-hydroxylation sites is 1. The highest BCUT2D eigenvalue weighted by Gasteiger charge is 2.19. The average Bonchev–Trinajstić information content (AvgIpc) is 3.70. The lowest BCUT2D eigenvalue weighted by atomic mass is 10.2. The second-order valence-corrected chi connectivity index (χ2v) is 10.7. The smallest absolute Gasteiger partial charge is 0.282 e. The van der Waals surface area contributed by atoms with Crippen molar-refractivity contribution in [2.75, 3.05) is 21.0 Å². The molecular formula is C33H24BrN3O7. The number of methoxy groups -OCH3 is 2. The van der Waals surface area contributed by atoms with E-state index in [2.05, 4.69) is 21.0 Å². The Bertz CT molecular complexity index is 2140. The molecule has 220 valence electrons. The van der Waals surface area contributed by atoms with Gasteiger partial charge in [0.2, 0.25) is 12.6 Å². The molecule has 0 saturated heterocycles. The molecule has 11 heteroatoms. The van der Waals surface area contributed by atoms with E-state index in [9.17, 15) is 4.79 Å². The molecule has 4 aromatic carbocycles. The van der Waals surface area contributed by atoms with E-state index in [-0.39, 0.29) is 24.8 Å². The van der Waals surface area contributed by atoms with Gasteiger partial charge in [0, 0.05) is 10.0 Å². The summed E-state index contributed by atoms with van der Waals surface area (Å²) in [6.07, 6.45) is 1.53. The fourth-order valence-corrected chi connectivity index (χ4v) is 5.46. The Morgan fingerprint density at radius 1 is 0.932 bits per heavy atom. The number of hydrogen-bond acceptors (Lipinski definition) is 9. The SMILES string of the molecule is COc1cc(Br)cc(C=Nn2c(-c3cc4c(OC)cccc4o3)nc3ccccc3c2=O)c1OCc1ccc2c(c1)OCO2. The number of halogens is 1. The molecule has 0 N–H and O–H groups in total. The van der Waals surface area contributed by atoms with E-state index in [1.807, 2.05) is 48.5 Å². The molecule has 1 aliphatic rings. The van der Waals surface area contributed by atoms with E-state index < -0.39 is 0 Å². The molecule has 0 unspecified atom stereocenters. The first-order valence-electron chi connectivity index (χ1n) is 13.5. The minimum absolute atomic E-state index is 0.188. The summed E-state index contributed by atoms with van der Waals surface area (Å²) in [5.74, 6) is 3.50. The molecule has 0 bridgehead atoms. The zero-order valence-corrected chi connectivity index (χ0v) is 25.2. The van der Waals surface area contributed by atoms with Crippen LogP contribution in [-0.4, -0.2) is 36.9 Å². The van der Waals surface area contributed by atoms with Crippen LogP contribution in [0, 0.1) is 0 Å². The first-order chi connectivity index (χ1) is 21.5. The molecule has 7 rings (SSSR count). The van der Waals surface area contributed by atoms with Crippen LogP contribution in [0.1, 0.15) is 11.1 Å². The largest absolute Gasteiger partial charge is 0.496 e. The molecule has 2 aromatic heterocycles. The molecule has 0 radical (unpaired) electrons. The highest BCUT2D eigenvalue weighted by molar-refractivity contribution is 9.10. The Kier molecular flexibility index (Phi) is 7.15. The van der Waals surface area contributed by atoms with Crippen LogP contribution < -0.4 is 29.2 Å². The predicted molar refractivity (Wildman–Crippen MR) is 168 cm³/mol. The van der Waals surface area contributed by atoms with Gasteiger partial charge < -0.3 is 28.1 Å². The molecule has 0 amide bonds. The fourth-order valence-electron chi connectivity index (χ4n) is 5.01. The summed E-state index contributed by atoms with van der Waals surface area (Å²) in [5, 5.41) is 5.79. The third kappa shape index (κ3) is 5.01. The first-order valence-corrected chi connectivity index (χ1v) is 14.3. The number of rotatable bonds is 8. The average molecular weight is 654 g/mol. The molecular weight excluding hydrogens is 630 g/mol. The van der Waals surface area contributed by atoms with Gasteiger partial charge in [0.25, 0.3) is 5.56 Å². The monoisotopic (exact) mass is 653 g/mol. The predicted octanol–water partition coefficient (Wildman–Crippen LogP) is 6.78. The number of aromatic nitrogens is 2. The molecule has 0 saturated carbocycles. The summed E-state index contributed by atoms with van der Waals surface area (Å²) >= 11 is 3.54. The van der Waals surface area contributed by atoms with E-state index >= 15 is 0 Å². The van der Waals surface area contributed by atoms with E-state index in [4.69, 9.17) is 33.1 Å². The van der Waals surface area contributed by atoms with E-state index in [1.165, 1.54) is 10.9 Å². The van der Waals surface area contributed by atoms with Gasteiger partial charge in [-0.3, -0.25) is 4.79 Å². The normalized spacial score (nSPS) is 12.3. The second-order valence-electron chi connectivity index (χ2n) is 9.80. The molecule has 6 aromatic rings. The number of nitrogens with zero attached hydrogens (tertiary/aromatic N) is 3. The Labute approximate surface area is 259 Å². The molecule has 44 heavy (non-hydrogen) atoms. The Morgan fingerprint density at radius 2 is 1.77 bits per heavy atom. The molecule has 10 nitrogen and oxygen atoms in total. The van der Waals surface area contributed by atoms with Crippen molar-refractivity contribution in [1.82, 2.24) is 9.66 Å². The van der Waals surface area contributed by atoms with Crippen LogP contribution >= 0.6 is 15.9 Å². The van der Waals surface area contributed by atoms with Crippen LogP contribution in [0.5, 0.6) is 28.7 Å². The molecule has 0 spiro atoms. The summed E-state index contributed by atoms with van der Waals surface area (Å²) in [6, 6.07) is 23.6. The molecule has 0 aliphatic carbocycles. The lowest BCUT2D eigenvalue weighted by molar-refractivity contribution is 0.174. The lowest BCUT2D eigenvalue weighted by Gasteiger charge is -2.14. The number of ether oxygens (including phenoxy) is 5. The number of fused-ring (bicyclic) bond motifs is 3. The molecule has 0 atom stereocenters. The summed E-state index contributed by atoms with van der Waals surface area (Å²) < 4.78 is 36.4. The standard InChI is InChI=1S/C33H24BrN3O7/c1-39-25-8-5-9-26-23(25)15-30(44-26)32-36-24-7-4-3-6-22(24)33(38)37(32)35-16-20-13-21(34)14-29(40-2)31(20)41-17-19-10-11-27-28(12-19)43-18-42-27/h3-16H,17-18H2,1-2H3. The van der Waals surface area contributed by atoms with E-state index in [1.54, 1.807) is 44.6 Å². The lowest BCUT2D eigenvalue weighted by Crippen LogP contribution is -2.20. The van der Waals surface area contributed by atoms with E-state index in [0.29, 0.717) is 56.6 Å². The van der Waals surface area contributed by atoms with Crippen LogP contribution in [-0.2, 0) is 6.61 Å². The van der Waals surface area contributed by atoms with Gasteiger partial charge in [-0.05, 0) is 60.2 Å². The Hall–Kier alpha value is -5.29. The zero-order chi connectivity index (χ0) is 30.2. The highest BCUT2D eigenvalue weighted by atomic mass is 79.9. The summed E-state index contributed by atoms with van der Waals surface area (Å²) in [6.45, 7) is 0.409. The van der Waals surface area contributed by atoms with Gasteiger partial charge in [-0.15, -0.1) is 0 Å². The summed E-state index contributed by atoms with van der Waals surface area (Å²) in [4.78, 5) is 18.6. The number of furan rings is 1. The van der Waals surface area contributed by atoms with Crippen LogP contribution in [0.2, 0.25) is 0 Å². The fraction of sp³-hybridized carbons (Fsp3) is 0.121. The van der Waals surface area contributed by atoms with Crippen molar-refractivity contribution >= 4 is 44.0 Å². The van der Waals surface area contributed by atoms with Gasteiger partial charge in [-0.2, -0.15) is 9.78 Å². The van der Waals surface area contributed by atoms with Gasteiger partial charge >= 0.3 is 0 Å². The van der Waals surface area contributed by atoms with Crippen molar-refractivity contribution in [2.45, 2.75) is 6.61 Å². The topological polar surface area (TPSA) is 107 Å². The van der Waals surface area contributed by atoms with Gasteiger partial charge in [0.15, 0.2) is 28.8 Å². The van der Waals surface area contributed by atoms with Crippen LogP contribution in [0.3, 0.4) is 0 Å². The second kappa shape index (κ2) is 11.4. The molecule has 3 heterocycles. The van der Waals surface area contributed by atoms with E-state index in [0.717, 1.165) is 15.4 Å². The number of benzene rings is 4.